The van der Waals surface area contributed by atoms with Gasteiger partial charge >= 0.3 is 0 Å². The van der Waals surface area contributed by atoms with Gasteiger partial charge in [-0.05, 0) is 57.4 Å². The number of hydrogen-bond acceptors (Lipinski definition) is 5. The molecule has 0 radical (unpaired) electrons. The standard InChI is InChI=1S/C25H35Cl2N7/c1-4-33-13-11-18(12-14-33)32(3)23-15-17(2)29-25(30-23)31-24(28)34(19-7-5-6-8-19)20-9-10-21(26)22(27)16-20/h9-10,15-16,18-19H,4-8,11-14H2,1-3H3,(H2,28,29,30,31). The zero-order valence-corrected chi connectivity index (χ0v) is 21.8. The van der Waals surface area contributed by atoms with Crippen molar-refractivity contribution < 1.29 is 0 Å². The van der Waals surface area contributed by atoms with Gasteiger partial charge in [0.25, 0.3) is 0 Å². The van der Waals surface area contributed by atoms with Crippen LogP contribution in [0.25, 0.3) is 0 Å². The molecule has 1 aromatic carbocycles. The Labute approximate surface area is 213 Å². The summed E-state index contributed by atoms with van der Waals surface area (Å²) in [6, 6.07) is 8.24. The molecule has 0 atom stereocenters. The predicted octanol–water partition coefficient (Wildman–Crippen LogP) is 5.81. The van der Waals surface area contributed by atoms with Crippen molar-refractivity contribution in [1.29, 1.82) is 5.41 Å². The molecule has 1 aromatic heterocycles. The number of aromatic nitrogens is 2. The Morgan fingerprint density at radius 1 is 1.06 bits per heavy atom. The molecule has 2 fully saturated rings. The first kappa shape index (κ1) is 25.0. The fraction of sp³-hybridized carbons (Fsp3) is 0.560. The number of guanidine groups is 1. The van der Waals surface area contributed by atoms with Gasteiger partial charge in [-0.3, -0.25) is 10.7 Å². The van der Waals surface area contributed by atoms with Gasteiger partial charge in [-0.1, -0.05) is 43.0 Å². The summed E-state index contributed by atoms with van der Waals surface area (Å²) in [6.45, 7) is 7.53. The lowest BCUT2D eigenvalue weighted by Crippen LogP contribution is -2.44. The molecule has 9 heteroatoms. The zero-order chi connectivity index (χ0) is 24.2. The molecule has 0 bridgehead atoms. The summed E-state index contributed by atoms with van der Waals surface area (Å²) in [5, 5.41) is 13.1. The van der Waals surface area contributed by atoms with Gasteiger partial charge < -0.3 is 14.7 Å². The molecular weight excluding hydrogens is 469 g/mol. The normalized spacial score (nSPS) is 17.7. The van der Waals surface area contributed by atoms with Crippen LogP contribution in [0.1, 0.15) is 51.1 Å². The van der Waals surface area contributed by atoms with E-state index in [1.807, 2.05) is 30.0 Å². The topological polar surface area (TPSA) is 71.4 Å². The fourth-order valence-corrected chi connectivity index (χ4v) is 5.38. The largest absolute Gasteiger partial charge is 0.356 e. The molecule has 2 heterocycles. The number of hydrogen-bond donors (Lipinski definition) is 2. The Morgan fingerprint density at radius 3 is 2.41 bits per heavy atom. The first-order valence-corrected chi connectivity index (χ1v) is 13.0. The molecule has 2 aromatic rings. The molecule has 2 N–H and O–H groups in total. The van der Waals surface area contributed by atoms with Crippen molar-refractivity contribution in [3.63, 3.8) is 0 Å². The van der Waals surface area contributed by atoms with E-state index in [2.05, 4.69) is 34.1 Å². The number of piperidine rings is 1. The van der Waals surface area contributed by atoms with Crippen LogP contribution >= 0.6 is 23.2 Å². The third kappa shape index (κ3) is 5.75. The van der Waals surface area contributed by atoms with Crippen LogP contribution in [0.4, 0.5) is 17.5 Å². The van der Waals surface area contributed by atoms with Gasteiger partial charge in [0, 0.05) is 49.7 Å². The van der Waals surface area contributed by atoms with Gasteiger partial charge in [0.2, 0.25) is 11.9 Å². The van der Waals surface area contributed by atoms with Crippen LogP contribution in [-0.4, -0.2) is 59.6 Å². The van der Waals surface area contributed by atoms with Gasteiger partial charge in [0.15, 0.2) is 0 Å². The van der Waals surface area contributed by atoms with E-state index in [9.17, 15) is 0 Å². The van der Waals surface area contributed by atoms with E-state index in [-0.39, 0.29) is 12.0 Å². The first-order valence-electron chi connectivity index (χ1n) is 12.3. The van der Waals surface area contributed by atoms with Crippen molar-refractivity contribution >= 4 is 46.6 Å². The molecule has 1 saturated carbocycles. The number of likely N-dealkylation sites (tertiary alicyclic amines) is 1. The minimum Gasteiger partial charge on any atom is -0.356 e. The zero-order valence-electron chi connectivity index (χ0n) is 20.3. The number of aryl methyl sites for hydroxylation is 1. The molecular formula is C25H35Cl2N7. The SMILES string of the molecule is CCN1CCC(N(C)c2cc(C)nc(NC(=N)N(c3ccc(Cl)c(Cl)c3)C3CCCC3)n2)CC1. The average Bonchev–Trinajstić information content (AvgIpc) is 3.35. The van der Waals surface area contributed by atoms with Crippen LogP contribution in [0.15, 0.2) is 24.3 Å². The van der Waals surface area contributed by atoms with Gasteiger partial charge in [-0.25, -0.2) is 4.98 Å². The molecule has 184 valence electrons. The number of halogens is 2. The summed E-state index contributed by atoms with van der Waals surface area (Å²) >= 11 is 12.5. The Morgan fingerprint density at radius 2 is 1.76 bits per heavy atom. The second-order valence-corrected chi connectivity index (χ2v) is 10.2. The van der Waals surface area contributed by atoms with Crippen LogP contribution in [0.5, 0.6) is 0 Å². The lowest BCUT2D eigenvalue weighted by Gasteiger charge is -2.37. The molecule has 1 aliphatic carbocycles. The third-order valence-corrected chi connectivity index (χ3v) is 7.84. The minimum absolute atomic E-state index is 0.230. The summed E-state index contributed by atoms with van der Waals surface area (Å²) in [5.41, 5.74) is 1.73. The summed E-state index contributed by atoms with van der Waals surface area (Å²) < 4.78 is 0. The smallest absolute Gasteiger partial charge is 0.231 e. The molecule has 0 spiro atoms. The monoisotopic (exact) mass is 503 g/mol. The summed E-state index contributed by atoms with van der Waals surface area (Å²) in [5.74, 6) is 1.58. The maximum atomic E-state index is 8.94. The average molecular weight is 505 g/mol. The van der Waals surface area contributed by atoms with Crippen molar-refractivity contribution in [2.45, 2.75) is 64.5 Å². The molecule has 0 unspecified atom stereocenters. The number of anilines is 3. The lowest BCUT2D eigenvalue weighted by molar-refractivity contribution is 0.220. The van der Waals surface area contributed by atoms with Crippen LogP contribution in [0, 0.1) is 12.3 Å². The Kier molecular flexibility index (Phi) is 8.17. The molecule has 7 nitrogen and oxygen atoms in total. The van der Waals surface area contributed by atoms with Crippen LogP contribution in [0.3, 0.4) is 0 Å². The highest BCUT2D eigenvalue weighted by molar-refractivity contribution is 6.42. The maximum Gasteiger partial charge on any atom is 0.231 e. The highest BCUT2D eigenvalue weighted by Gasteiger charge is 2.28. The van der Waals surface area contributed by atoms with Crippen molar-refractivity contribution in [2.75, 3.05) is 41.8 Å². The highest BCUT2D eigenvalue weighted by atomic mass is 35.5. The highest BCUT2D eigenvalue weighted by Crippen LogP contribution is 2.33. The van der Waals surface area contributed by atoms with E-state index in [1.54, 1.807) is 6.07 Å². The molecule has 1 aliphatic heterocycles. The second-order valence-electron chi connectivity index (χ2n) is 9.35. The van der Waals surface area contributed by atoms with Crippen LogP contribution < -0.4 is 15.1 Å². The summed E-state index contributed by atoms with van der Waals surface area (Å²) in [4.78, 5) is 16.2. The molecule has 34 heavy (non-hydrogen) atoms. The maximum absolute atomic E-state index is 8.94. The lowest BCUT2D eigenvalue weighted by atomic mass is 10.0. The number of benzene rings is 1. The van der Waals surface area contributed by atoms with E-state index >= 15 is 0 Å². The van der Waals surface area contributed by atoms with Crippen molar-refractivity contribution in [3.8, 4) is 0 Å². The summed E-state index contributed by atoms with van der Waals surface area (Å²) in [6.07, 6.45) is 6.62. The number of nitrogens with one attached hydrogen (secondary N) is 2. The minimum atomic E-state index is 0.230. The predicted molar refractivity (Wildman–Crippen MR) is 143 cm³/mol. The molecule has 4 rings (SSSR count). The van der Waals surface area contributed by atoms with E-state index in [0.717, 1.165) is 75.4 Å². The van der Waals surface area contributed by atoms with E-state index in [4.69, 9.17) is 33.6 Å². The number of rotatable bonds is 6. The van der Waals surface area contributed by atoms with Gasteiger partial charge in [0.1, 0.15) is 5.82 Å². The first-order chi connectivity index (χ1) is 16.4. The van der Waals surface area contributed by atoms with Crippen LogP contribution in [0.2, 0.25) is 10.0 Å². The van der Waals surface area contributed by atoms with Crippen molar-refractivity contribution in [3.05, 3.63) is 40.0 Å². The van der Waals surface area contributed by atoms with Gasteiger partial charge in [-0.15, -0.1) is 0 Å². The number of nitrogens with zero attached hydrogens (tertiary/aromatic N) is 5. The molecule has 0 amide bonds. The van der Waals surface area contributed by atoms with Crippen LogP contribution in [-0.2, 0) is 0 Å². The Hall–Kier alpha value is -2.09. The molecule has 1 saturated heterocycles. The van der Waals surface area contributed by atoms with E-state index in [0.29, 0.717) is 22.0 Å². The Bertz CT molecular complexity index is 1000. The van der Waals surface area contributed by atoms with Gasteiger partial charge in [-0.2, -0.15) is 4.98 Å². The van der Waals surface area contributed by atoms with E-state index in [1.165, 1.54) is 0 Å². The van der Waals surface area contributed by atoms with Gasteiger partial charge in [0.05, 0.1) is 10.0 Å². The quantitative estimate of drug-likeness (QED) is 0.382. The molecule has 2 aliphatic rings. The Balaban J connectivity index is 1.53. The van der Waals surface area contributed by atoms with Crippen molar-refractivity contribution in [1.82, 2.24) is 14.9 Å². The summed E-state index contributed by atoms with van der Waals surface area (Å²) in [7, 11) is 2.11. The van der Waals surface area contributed by atoms with E-state index < -0.39 is 0 Å². The second kappa shape index (κ2) is 11.1. The fourth-order valence-electron chi connectivity index (χ4n) is 5.08. The third-order valence-electron chi connectivity index (χ3n) is 7.10. The van der Waals surface area contributed by atoms with Crippen molar-refractivity contribution in [2.24, 2.45) is 0 Å².